The number of nitrogens with zero attached hydrogens (tertiary/aromatic N) is 5. The van der Waals surface area contributed by atoms with E-state index in [1.807, 2.05) is 26.8 Å². The van der Waals surface area contributed by atoms with Crippen molar-refractivity contribution in [2.45, 2.75) is 38.2 Å². The molecule has 11 nitrogen and oxygen atoms in total. The minimum atomic E-state index is -0.672. The summed E-state index contributed by atoms with van der Waals surface area (Å²) in [6.45, 7) is 5.83. The molecule has 2 amide bonds. The van der Waals surface area contributed by atoms with E-state index >= 15 is 0 Å². The van der Waals surface area contributed by atoms with Crippen LogP contribution in [0.2, 0.25) is 0 Å². The molecule has 0 saturated heterocycles. The number of fused-ring (bicyclic) bond motifs is 1. The Bertz CT molecular complexity index is 1550. The number of thioether (sulfide) groups is 1. The van der Waals surface area contributed by atoms with Gasteiger partial charge in [-0.15, -0.1) is 34.1 Å². The highest BCUT2D eigenvalue weighted by Crippen LogP contribution is 2.29. The van der Waals surface area contributed by atoms with Gasteiger partial charge in [-0.2, -0.15) is 4.79 Å². The van der Waals surface area contributed by atoms with Crippen molar-refractivity contribution >= 4 is 71.4 Å². The SMILES string of the molecule is CN=Cc1cc(NC(=O)c2ccc(N3C/C=[N+](/C(=O)OC(C)(C)C)[C@H](S)CCSC3)c3cc(OC)nn23)cc(F)c1N. The number of carbonyl (C=O) groups excluding carboxylic acids is 2. The molecule has 0 radical (unpaired) electrons. The van der Waals surface area contributed by atoms with Crippen molar-refractivity contribution in [3.8, 4) is 5.88 Å². The second-order valence-electron chi connectivity index (χ2n) is 10.5. The van der Waals surface area contributed by atoms with Gasteiger partial charge < -0.3 is 25.4 Å². The first-order chi connectivity index (χ1) is 19.9. The van der Waals surface area contributed by atoms with E-state index in [2.05, 4.69) is 32.9 Å². The van der Waals surface area contributed by atoms with Crippen LogP contribution in [0, 0.1) is 5.82 Å². The number of aliphatic imine (C=N–C) groups is 1. The van der Waals surface area contributed by atoms with Gasteiger partial charge in [0.05, 0.1) is 36.4 Å². The highest BCUT2D eigenvalue weighted by Gasteiger charge is 2.32. The predicted octanol–water partition coefficient (Wildman–Crippen LogP) is 4.54. The number of pyridine rings is 1. The van der Waals surface area contributed by atoms with E-state index in [-0.39, 0.29) is 22.4 Å². The van der Waals surface area contributed by atoms with Gasteiger partial charge in [-0.1, -0.05) is 0 Å². The first-order valence-electron chi connectivity index (χ1n) is 13.2. The standard InChI is InChI=1S/C28H34FN7O4S2/c1-28(2,3)40-27(38)35-10-9-34(16-42-11-8-24(35)41)20-6-7-21(36-22(20)14-23(33-36)39-5)26(37)32-18-12-17(15-31-4)25(30)19(29)13-18/h6-7,10,12-15,24H,8-9,11,16,30H2,1-5H3,(H-,32,37,41)/p+1/b31-15?,35-10+/t24-/m1/s1. The molecule has 0 aliphatic carbocycles. The van der Waals surface area contributed by atoms with Crippen LogP contribution in [0.4, 0.5) is 26.2 Å². The van der Waals surface area contributed by atoms with E-state index in [4.69, 9.17) is 15.2 Å². The summed E-state index contributed by atoms with van der Waals surface area (Å²) in [6, 6.07) is 7.87. The van der Waals surface area contributed by atoms with Gasteiger partial charge >= 0.3 is 6.09 Å². The van der Waals surface area contributed by atoms with Crippen molar-refractivity contribution < 1.29 is 28.0 Å². The Hall–Kier alpha value is -3.78. The minimum absolute atomic E-state index is 0.0599. The van der Waals surface area contributed by atoms with Crippen LogP contribution in [0.3, 0.4) is 0 Å². The van der Waals surface area contributed by atoms with Crippen molar-refractivity contribution in [1.82, 2.24) is 9.61 Å². The average Bonchev–Trinajstić information content (AvgIpc) is 3.38. The van der Waals surface area contributed by atoms with E-state index in [1.54, 1.807) is 43.2 Å². The van der Waals surface area contributed by atoms with E-state index < -0.39 is 23.4 Å². The summed E-state index contributed by atoms with van der Waals surface area (Å²) < 4.78 is 28.4. The Kier molecular flexibility index (Phi) is 9.67. The highest BCUT2D eigenvalue weighted by molar-refractivity contribution is 7.99. The first-order valence-corrected chi connectivity index (χ1v) is 14.8. The summed E-state index contributed by atoms with van der Waals surface area (Å²) in [7, 11) is 3.03. The second kappa shape index (κ2) is 13.0. The molecule has 14 heteroatoms. The molecule has 0 spiro atoms. The van der Waals surface area contributed by atoms with Gasteiger partial charge in [0.25, 0.3) is 5.91 Å². The molecule has 0 fully saturated rings. The predicted molar refractivity (Wildman–Crippen MR) is 169 cm³/mol. The fourth-order valence-electron chi connectivity index (χ4n) is 4.27. The number of ether oxygens (including phenoxy) is 2. The fourth-order valence-corrected chi connectivity index (χ4v) is 5.75. The maximum atomic E-state index is 14.4. The van der Waals surface area contributed by atoms with E-state index in [0.717, 1.165) is 17.5 Å². The third kappa shape index (κ3) is 7.16. The van der Waals surface area contributed by atoms with Crippen LogP contribution in [-0.2, 0) is 4.74 Å². The van der Waals surface area contributed by atoms with Gasteiger partial charge in [0.15, 0.2) is 6.21 Å². The molecule has 4 rings (SSSR count). The quantitative estimate of drug-likeness (QED) is 0.165. The maximum absolute atomic E-state index is 14.4. The summed E-state index contributed by atoms with van der Waals surface area (Å²) >= 11 is 6.36. The topological polar surface area (TPSA) is 127 Å². The minimum Gasteiger partial charge on any atom is -0.480 e. The zero-order chi connectivity index (χ0) is 30.6. The lowest BCUT2D eigenvalue weighted by atomic mass is 10.1. The molecule has 224 valence electrons. The molecule has 3 heterocycles. The molecule has 1 atom stereocenters. The average molecular weight is 617 g/mol. The molecular formula is C28H35FN7O4S2+. The van der Waals surface area contributed by atoms with Crippen molar-refractivity contribution in [1.29, 1.82) is 0 Å². The molecule has 2 aromatic heterocycles. The first kappa shape index (κ1) is 31.2. The van der Waals surface area contributed by atoms with Crippen molar-refractivity contribution in [3.05, 3.63) is 47.4 Å². The molecule has 0 saturated carbocycles. The van der Waals surface area contributed by atoms with Gasteiger partial charge in [-0.05, 0) is 45.0 Å². The maximum Gasteiger partial charge on any atom is 0.597 e. The molecule has 3 aromatic rings. The normalized spacial score (nSPS) is 17.7. The monoisotopic (exact) mass is 616 g/mol. The lowest BCUT2D eigenvalue weighted by Gasteiger charge is -2.23. The Labute approximate surface area is 253 Å². The van der Waals surface area contributed by atoms with Gasteiger partial charge in [-0.3, -0.25) is 9.79 Å². The number of hydrogen-bond donors (Lipinski definition) is 3. The number of halogens is 1. The van der Waals surface area contributed by atoms with Crippen LogP contribution in [0.5, 0.6) is 5.88 Å². The Balaban J connectivity index is 1.70. The fraction of sp³-hybridized carbons (Fsp3) is 0.393. The lowest BCUT2D eigenvalue weighted by Crippen LogP contribution is -2.37. The molecule has 1 aromatic carbocycles. The number of methoxy groups -OCH3 is 1. The third-order valence-electron chi connectivity index (χ3n) is 6.24. The Morgan fingerprint density at radius 2 is 2.07 bits per heavy atom. The number of nitrogens with two attached hydrogens (primary N) is 1. The van der Waals surface area contributed by atoms with Crippen LogP contribution >= 0.6 is 24.4 Å². The number of anilines is 3. The van der Waals surface area contributed by atoms with Crippen molar-refractivity contribution in [2.75, 3.05) is 48.3 Å². The summed E-state index contributed by atoms with van der Waals surface area (Å²) in [5.74, 6) is 0.499. The molecule has 42 heavy (non-hydrogen) atoms. The number of carbonyl (C=O) groups is 2. The second-order valence-corrected chi connectivity index (χ2v) is 12.2. The highest BCUT2D eigenvalue weighted by atomic mass is 32.2. The molecule has 0 unspecified atom stereocenters. The third-order valence-corrected chi connectivity index (χ3v) is 7.76. The van der Waals surface area contributed by atoms with E-state index in [1.165, 1.54) is 22.4 Å². The summed E-state index contributed by atoms with van der Waals surface area (Å²) in [4.78, 5) is 32.3. The summed E-state index contributed by atoms with van der Waals surface area (Å²) in [5.41, 5.74) is 7.24. The number of hydrogen-bond acceptors (Lipinski definition) is 10. The molecule has 1 aliphatic heterocycles. The van der Waals surface area contributed by atoms with Crippen LogP contribution in [0.15, 0.2) is 35.3 Å². The van der Waals surface area contributed by atoms with Gasteiger partial charge in [0.2, 0.25) is 11.3 Å². The number of nitrogen functional groups attached to an aromatic ring is 1. The molecular weight excluding hydrogens is 581 g/mol. The molecule has 1 aliphatic rings. The number of aromatic nitrogens is 2. The number of rotatable bonds is 5. The van der Waals surface area contributed by atoms with Gasteiger partial charge in [-0.25, -0.2) is 8.91 Å². The van der Waals surface area contributed by atoms with Crippen molar-refractivity contribution in [3.63, 3.8) is 0 Å². The van der Waals surface area contributed by atoms with Crippen molar-refractivity contribution in [2.24, 2.45) is 4.99 Å². The van der Waals surface area contributed by atoms with Crippen LogP contribution < -0.4 is 20.7 Å². The zero-order valence-corrected chi connectivity index (χ0v) is 25.8. The van der Waals surface area contributed by atoms with Crippen LogP contribution in [0.1, 0.15) is 43.2 Å². The Morgan fingerprint density at radius 1 is 1.31 bits per heavy atom. The van der Waals surface area contributed by atoms with Gasteiger partial charge in [0.1, 0.15) is 17.1 Å². The Morgan fingerprint density at radius 3 is 2.76 bits per heavy atom. The number of thiol groups is 1. The number of amides is 2. The smallest absolute Gasteiger partial charge is 0.480 e. The zero-order valence-electron chi connectivity index (χ0n) is 24.1. The van der Waals surface area contributed by atoms with E-state index in [9.17, 15) is 14.0 Å². The van der Waals surface area contributed by atoms with Gasteiger partial charge in [0, 0.05) is 42.8 Å². The number of nitrogens with one attached hydrogen (secondary N) is 1. The lowest BCUT2D eigenvalue weighted by molar-refractivity contribution is -0.460. The van der Waals surface area contributed by atoms with Crippen LogP contribution in [-0.4, -0.2) is 81.9 Å². The summed E-state index contributed by atoms with van der Waals surface area (Å²) in [6.07, 6.45) is 3.39. The largest absolute Gasteiger partial charge is 0.597 e. The number of benzene rings is 1. The molecule has 0 bridgehead atoms. The summed E-state index contributed by atoms with van der Waals surface area (Å²) in [5, 5.41) is 6.85. The van der Waals surface area contributed by atoms with Crippen LogP contribution in [0.25, 0.3) is 5.52 Å². The van der Waals surface area contributed by atoms with E-state index in [0.29, 0.717) is 35.8 Å². The molecule has 3 N–H and O–H groups in total.